The average Bonchev–Trinajstić information content (AvgIpc) is 2.84. The van der Waals surface area contributed by atoms with Crippen LogP contribution in [0, 0.1) is 5.41 Å². The van der Waals surface area contributed by atoms with E-state index in [2.05, 4.69) is 25.0 Å². The van der Waals surface area contributed by atoms with E-state index < -0.39 is 27.0 Å². The van der Waals surface area contributed by atoms with Crippen LogP contribution in [-0.4, -0.2) is 25.4 Å². The normalized spacial score (nSPS) is 13.6. The van der Waals surface area contributed by atoms with E-state index in [1.54, 1.807) is 0 Å². The molecule has 0 saturated carbocycles. The molecular formula is C30H32ClF3O4S. The van der Waals surface area contributed by atoms with Crippen LogP contribution >= 0.6 is 11.6 Å². The Morgan fingerprint density at radius 3 is 1.67 bits per heavy atom. The molecule has 0 aliphatic rings. The number of ether oxygens (including phenoxy) is 1. The molecule has 39 heavy (non-hydrogen) atoms. The first-order valence-corrected chi connectivity index (χ1v) is 14.3. The van der Waals surface area contributed by atoms with Gasteiger partial charge in [0.05, 0.1) is 0 Å². The van der Waals surface area contributed by atoms with Gasteiger partial charge in [-0.1, -0.05) is 75.4 Å². The summed E-state index contributed by atoms with van der Waals surface area (Å²) in [6.07, 6.45) is 0.511. The van der Waals surface area contributed by atoms with Crippen LogP contribution < -0.4 is 8.92 Å². The van der Waals surface area contributed by atoms with E-state index in [4.69, 9.17) is 16.3 Å². The molecule has 0 spiro atoms. The van der Waals surface area contributed by atoms with Gasteiger partial charge in [0, 0.05) is 11.3 Å². The first-order chi connectivity index (χ1) is 18.1. The van der Waals surface area contributed by atoms with E-state index in [0.717, 1.165) is 22.3 Å². The molecular weight excluding hydrogens is 549 g/mol. The lowest BCUT2D eigenvalue weighted by Crippen LogP contribution is -2.42. The van der Waals surface area contributed by atoms with Crippen LogP contribution in [0.3, 0.4) is 0 Å². The average molecular weight is 581 g/mol. The summed E-state index contributed by atoms with van der Waals surface area (Å²) in [6, 6.07) is 22.7. The summed E-state index contributed by atoms with van der Waals surface area (Å²) >= 11 is 6.20. The maximum absolute atomic E-state index is 12.8. The van der Waals surface area contributed by atoms with Crippen LogP contribution in [0.4, 0.5) is 13.2 Å². The third-order valence-corrected chi connectivity index (χ3v) is 7.89. The van der Waals surface area contributed by atoms with E-state index in [1.807, 2.05) is 68.4 Å². The Balaban J connectivity index is 2.11. The largest absolute Gasteiger partial charge is 0.534 e. The Morgan fingerprint density at radius 2 is 1.23 bits per heavy atom. The van der Waals surface area contributed by atoms with E-state index >= 15 is 0 Å². The highest BCUT2D eigenvalue weighted by atomic mass is 35.5. The molecule has 0 fully saturated rings. The van der Waals surface area contributed by atoms with Crippen molar-refractivity contribution in [3.8, 4) is 11.5 Å². The molecule has 3 rings (SSSR count). The topological polar surface area (TPSA) is 52.6 Å². The van der Waals surface area contributed by atoms with Crippen LogP contribution in [0.1, 0.15) is 57.7 Å². The summed E-state index contributed by atoms with van der Waals surface area (Å²) in [5, 5.41) is 0. The summed E-state index contributed by atoms with van der Waals surface area (Å²) in [4.78, 5) is 0. The van der Waals surface area contributed by atoms with Crippen LogP contribution in [0.25, 0.3) is 11.1 Å². The number of hydrogen-bond donors (Lipinski definition) is 0. The number of benzene rings is 3. The van der Waals surface area contributed by atoms with Gasteiger partial charge in [-0.05, 0) is 72.4 Å². The molecule has 0 saturated heterocycles. The van der Waals surface area contributed by atoms with Gasteiger partial charge in [0.1, 0.15) is 17.1 Å². The number of rotatable bonds is 9. The number of hydrogen-bond acceptors (Lipinski definition) is 4. The highest BCUT2D eigenvalue weighted by Gasteiger charge is 2.48. The van der Waals surface area contributed by atoms with Crippen molar-refractivity contribution in [1.82, 2.24) is 0 Å². The van der Waals surface area contributed by atoms with Crippen LogP contribution in [0.5, 0.6) is 11.5 Å². The Bertz CT molecular complexity index is 1390. The third-order valence-electron chi connectivity index (χ3n) is 6.72. The van der Waals surface area contributed by atoms with Crippen LogP contribution in [0.15, 0.2) is 78.9 Å². The lowest BCUT2D eigenvalue weighted by Gasteiger charge is -2.39. The fourth-order valence-electron chi connectivity index (χ4n) is 3.65. The molecule has 0 unspecified atom stereocenters. The molecule has 210 valence electrons. The van der Waals surface area contributed by atoms with Gasteiger partial charge in [0.15, 0.2) is 0 Å². The number of allylic oxidation sites excluding steroid dienone is 1. The number of alkyl halides is 4. The summed E-state index contributed by atoms with van der Waals surface area (Å²) in [5.74, 6) is 0.583. The molecule has 0 aliphatic heterocycles. The molecule has 0 aromatic heterocycles. The molecule has 0 bridgehead atoms. The van der Waals surface area contributed by atoms with Crippen molar-refractivity contribution in [2.24, 2.45) is 5.41 Å². The Kier molecular flexibility index (Phi) is 9.13. The zero-order valence-corrected chi connectivity index (χ0v) is 24.0. The van der Waals surface area contributed by atoms with E-state index in [0.29, 0.717) is 23.6 Å². The molecule has 9 heteroatoms. The molecule has 0 radical (unpaired) electrons. The van der Waals surface area contributed by atoms with Gasteiger partial charge in [0.2, 0.25) is 0 Å². The van der Waals surface area contributed by atoms with Crippen molar-refractivity contribution in [1.29, 1.82) is 0 Å². The van der Waals surface area contributed by atoms with Gasteiger partial charge in [0.25, 0.3) is 0 Å². The van der Waals surface area contributed by atoms with Crippen molar-refractivity contribution in [2.75, 3.05) is 5.88 Å². The van der Waals surface area contributed by atoms with Crippen molar-refractivity contribution in [3.63, 3.8) is 0 Å². The van der Waals surface area contributed by atoms with Gasteiger partial charge in [-0.3, -0.25) is 0 Å². The number of halogens is 4. The second-order valence-corrected chi connectivity index (χ2v) is 12.5. The minimum Gasteiger partial charge on any atom is -0.487 e. The summed E-state index contributed by atoms with van der Waals surface area (Å²) in [5.41, 5.74) is -1.94. The standard InChI is InChI=1S/C30H32ClF3O4S/c1-28(2,3)29(4,5)37-24-15-11-22(12-16-24)27(26(19-20-31)21-9-7-6-8-10-21)23-13-17-25(18-14-23)38-39(35,36)30(32,33)34/h6-18H,19-20H2,1-5H3. The second kappa shape index (κ2) is 11.6. The molecule has 3 aromatic rings. The maximum atomic E-state index is 12.8. The smallest absolute Gasteiger partial charge is 0.487 e. The van der Waals surface area contributed by atoms with Gasteiger partial charge in [-0.2, -0.15) is 21.6 Å². The van der Waals surface area contributed by atoms with Crippen LogP contribution in [0.2, 0.25) is 0 Å². The van der Waals surface area contributed by atoms with Gasteiger partial charge < -0.3 is 8.92 Å². The van der Waals surface area contributed by atoms with Gasteiger partial charge >= 0.3 is 15.6 Å². The molecule has 0 heterocycles. The zero-order chi connectivity index (χ0) is 29.1. The predicted octanol–water partition coefficient (Wildman–Crippen LogP) is 8.71. The quantitative estimate of drug-likeness (QED) is 0.110. The summed E-state index contributed by atoms with van der Waals surface area (Å²) in [7, 11) is -5.78. The Hall–Kier alpha value is -2.97. The second-order valence-electron chi connectivity index (χ2n) is 10.6. The third kappa shape index (κ3) is 7.37. The molecule has 3 aromatic carbocycles. The molecule has 0 aliphatic carbocycles. The minimum atomic E-state index is -5.78. The van der Waals surface area contributed by atoms with Crippen molar-refractivity contribution >= 4 is 32.9 Å². The lowest BCUT2D eigenvalue weighted by atomic mass is 9.79. The van der Waals surface area contributed by atoms with Gasteiger partial charge in [-0.25, -0.2) is 0 Å². The SMILES string of the molecule is CC(C)(C)C(C)(C)Oc1ccc(C(=C(CCCl)c2ccccc2)c2ccc(OS(=O)(=O)C(F)(F)F)cc2)cc1. The lowest BCUT2D eigenvalue weighted by molar-refractivity contribution is -0.0500. The van der Waals surface area contributed by atoms with E-state index in [9.17, 15) is 21.6 Å². The predicted molar refractivity (Wildman–Crippen MR) is 150 cm³/mol. The van der Waals surface area contributed by atoms with E-state index in [-0.39, 0.29) is 5.41 Å². The minimum absolute atomic E-state index is 0.110. The highest BCUT2D eigenvalue weighted by Crippen LogP contribution is 2.38. The Morgan fingerprint density at radius 1 is 0.744 bits per heavy atom. The van der Waals surface area contributed by atoms with Gasteiger partial charge in [-0.15, -0.1) is 11.6 Å². The molecule has 4 nitrogen and oxygen atoms in total. The summed E-state index contributed by atoms with van der Waals surface area (Å²) < 4.78 is 71.8. The van der Waals surface area contributed by atoms with E-state index in [1.165, 1.54) is 24.3 Å². The Labute approximate surface area is 233 Å². The van der Waals surface area contributed by atoms with Crippen molar-refractivity contribution in [3.05, 3.63) is 95.6 Å². The molecule has 0 amide bonds. The fraction of sp³-hybridized carbons (Fsp3) is 0.333. The van der Waals surface area contributed by atoms with Crippen molar-refractivity contribution in [2.45, 2.75) is 52.1 Å². The van der Waals surface area contributed by atoms with Crippen molar-refractivity contribution < 1.29 is 30.5 Å². The monoisotopic (exact) mass is 580 g/mol. The molecule has 0 N–H and O–H groups in total. The first-order valence-electron chi connectivity index (χ1n) is 12.3. The zero-order valence-electron chi connectivity index (χ0n) is 22.5. The van der Waals surface area contributed by atoms with Crippen LogP contribution in [-0.2, 0) is 10.1 Å². The summed E-state index contributed by atoms with van der Waals surface area (Å²) in [6.45, 7) is 10.4. The first kappa shape index (κ1) is 30.6. The highest BCUT2D eigenvalue weighted by molar-refractivity contribution is 7.88. The fourth-order valence-corrected chi connectivity index (χ4v) is 4.30. The molecule has 0 atom stereocenters. The maximum Gasteiger partial charge on any atom is 0.534 e.